The van der Waals surface area contributed by atoms with Crippen LogP contribution < -0.4 is 5.32 Å². The minimum Gasteiger partial charge on any atom is -0.396 e. The molecule has 0 aromatic heterocycles. The van der Waals surface area contributed by atoms with E-state index in [2.05, 4.69) is 5.32 Å². The monoisotopic (exact) mass is 293 g/mol. The summed E-state index contributed by atoms with van der Waals surface area (Å²) in [5.41, 5.74) is 0.968. The van der Waals surface area contributed by atoms with E-state index in [-0.39, 0.29) is 24.2 Å². The minimum atomic E-state index is -0.461. The number of nitro benzene ring substituents is 1. The van der Waals surface area contributed by atoms with Crippen LogP contribution in [0.5, 0.6) is 0 Å². The summed E-state index contributed by atoms with van der Waals surface area (Å²) in [6.07, 6.45) is 1.55. The third-order valence-electron chi connectivity index (χ3n) is 3.82. The molecule has 1 heterocycles. The maximum Gasteiger partial charge on any atom is 0.321 e. The first-order valence-corrected chi connectivity index (χ1v) is 6.93. The molecule has 1 aliphatic rings. The molecule has 0 saturated carbocycles. The number of anilines is 1. The number of piperidine rings is 1. The van der Waals surface area contributed by atoms with Crippen LogP contribution >= 0.6 is 0 Å². The number of rotatable bonds is 3. The standard InChI is InChI=1S/C14H19N3O4/c1-10-2-3-12(8-13(10)17(20)21)15-14(19)16-6-4-11(9-18)5-7-16/h2-3,8,11,18H,4-7,9H2,1H3,(H,15,19). The van der Waals surface area contributed by atoms with E-state index in [1.165, 1.54) is 6.07 Å². The lowest BCUT2D eigenvalue weighted by Gasteiger charge is -2.31. The third-order valence-corrected chi connectivity index (χ3v) is 3.82. The van der Waals surface area contributed by atoms with Crippen LogP contribution in [0.1, 0.15) is 18.4 Å². The Balaban J connectivity index is 2.00. The highest BCUT2D eigenvalue weighted by molar-refractivity contribution is 5.89. The highest BCUT2D eigenvalue weighted by Crippen LogP contribution is 2.23. The van der Waals surface area contributed by atoms with Crippen molar-refractivity contribution in [1.29, 1.82) is 0 Å². The van der Waals surface area contributed by atoms with E-state index < -0.39 is 4.92 Å². The first-order chi connectivity index (χ1) is 10.0. The van der Waals surface area contributed by atoms with E-state index in [1.807, 2.05) is 0 Å². The van der Waals surface area contributed by atoms with Gasteiger partial charge in [0.05, 0.1) is 4.92 Å². The van der Waals surface area contributed by atoms with Gasteiger partial charge in [0.25, 0.3) is 5.69 Å². The molecule has 1 aliphatic heterocycles. The van der Waals surface area contributed by atoms with Crippen LogP contribution in [0.25, 0.3) is 0 Å². The fraction of sp³-hybridized carbons (Fsp3) is 0.500. The highest BCUT2D eigenvalue weighted by atomic mass is 16.6. The van der Waals surface area contributed by atoms with Crippen molar-refractivity contribution < 1.29 is 14.8 Å². The van der Waals surface area contributed by atoms with E-state index in [0.29, 0.717) is 24.3 Å². The maximum atomic E-state index is 12.1. The number of carbonyl (C=O) groups excluding carboxylic acids is 1. The van der Waals surface area contributed by atoms with Gasteiger partial charge in [0.15, 0.2) is 0 Å². The lowest BCUT2D eigenvalue weighted by molar-refractivity contribution is -0.385. The summed E-state index contributed by atoms with van der Waals surface area (Å²) < 4.78 is 0. The first kappa shape index (κ1) is 15.2. The van der Waals surface area contributed by atoms with Gasteiger partial charge in [-0.05, 0) is 31.7 Å². The number of amides is 2. The van der Waals surface area contributed by atoms with E-state index in [0.717, 1.165) is 12.8 Å². The summed E-state index contributed by atoms with van der Waals surface area (Å²) in [5.74, 6) is 0.259. The Bertz CT molecular complexity index is 539. The molecule has 0 bridgehead atoms. The van der Waals surface area contributed by atoms with Crippen molar-refractivity contribution in [2.45, 2.75) is 19.8 Å². The molecule has 2 amide bonds. The maximum absolute atomic E-state index is 12.1. The number of hydrogen-bond acceptors (Lipinski definition) is 4. The van der Waals surface area contributed by atoms with Crippen molar-refractivity contribution in [2.24, 2.45) is 5.92 Å². The van der Waals surface area contributed by atoms with Crippen LogP contribution in [0.15, 0.2) is 18.2 Å². The third kappa shape index (κ3) is 3.69. The van der Waals surface area contributed by atoms with Gasteiger partial charge in [-0.25, -0.2) is 4.79 Å². The largest absolute Gasteiger partial charge is 0.396 e. The summed E-state index contributed by atoms with van der Waals surface area (Å²) in [6.45, 7) is 2.99. The fourth-order valence-corrected chi connectivity index (χ4v) is 2.41. The second-order valence-corrected chi connectivity index (χ2v) is 5.30. The predicted molar refractivity (Wildman–Crippen MR) is 78.2 cm³/mol. The predicted octanol–water partition coefficient (Wildman–Crippen LogP) is 2.14. The number of hydrogen-bond donors (Lipinski definition) is 2. The summed E-state index contributed by atoms with van der Waals surface area (Å²) in [5, 5.41) is 22.7. The van der Waals surface area contributed by atoms with Crippen molar-refractivity contribution >= 4 is 17.4 Å². The summed E-state index contributed by atoms with van der Waals surface area (Å²) in [6, 6.07) is 4.38. The van der Waals surface area contributed by atoms with Gasteiger partial charge in [0, 0.05) is 37.0 Å². The lowest BCUT2D eigenvalue weighted by Crippen LogP contribution is -2.41. The molecule has 2 rings (SSSR count). The Hall–Kier alpha value is -2.15. The second kappa shape index (κ2) is 6.53. The van der Waals surface area contributed by atoms with Gasteiger partial charge in [-0.1, -0.05) is 6.07 Å². The van der Waals surface area contributed by atoms with Crippen molar-refractivity contribution in [3.63, 3.8) is 0 Å². The topological polar surface area (TPSA) is 95.7 Å². The normalized spacial score (nSPS) is 15.8. The fourth-order valence-electron chi connectivity index (χ4n) is 2.41. The molecule has 0 atom stereocenters. The van der Waals surface area contributed by atoms with Gasteiger partial charge in [-0.2, -0.15) is 0 Å². The van der Waals surface area contributed by atoms with Crippen LogP contribution in [-0.4, -0.2) is 40.7 Å². The molecule has 1 aromatic carbocycles. The van der Waals surface area contributed by atoms with Crippen molar-refractivity contribution in [3.05, 3.63) is 33.9 Å². The van der Waals surface area contributed by atoms with Crippen LogP contribution in [-0.2, 0) is 0 Å². The number of nitrogens with zero attached hydrogens (tertiary/aromatic N) is 2. The second-order valence-electron chi connectivity index (χ2n) is 5.30. The van der Waals surface area contributed by atoms with Gasteiger partial charge in [0.2, 0.25) is 0 Å². The van der Waals surface area contributed by atoms with Crippen LogP contribution in [0.2, 0.25) is 0 Å². The molecule has 1 fully saturated rings. The molecule has 7 nitrogen and oxygen atoms in total. The lowest BCUT2D eigenvalue weighted by atomic mass is 9.98. The zero-order valence-electron chi connectivity index (χ0n) is 11.9. The molecular formula is C14H19N3O4. The Morgan fingerprint density at radius 1 is 1.48 bits per heavy atom. The van der Waals surface area contributed by atoms with Crippen molar-refractivity contribution in [3.8, 4) is 0 Å². The number of urea groups is 1. The summed E-state index contributed by atoms with van der Waals surface area (Å²) in [4.78, 5) is 24.2. The number of likely N-dealkylation sites (tertiary alicyclic amines) is 1. The number of aliphatic hydroxyl groups excluding tert-OH is 1. The van der Waals surface area contributed by atoms with E-state index in [9.17, 15) is 14.9 Å². The molecule has 1 aromatic rings. The molecule has 1 saturated heterocycles. The summed E-state index contributed by atoms with van der Waals surface area (Å²) >= 11 is 0. The molecule has 2 N–H and O–H groups in total. The van der Waals surface area contributed by atoms with Crippen LogP contribution in [0, 0.1) is 23.0 Å². The molecule has 0 unspecified atom stereocenters. The number of benzene rings is 1. The Labute approximate surface area is 122 Å². The molecule has 0 radical (unpaired) electrons. The Morgan fingerprint density at radius 3 is 2.71 bits per heavy atom. The van der Waals surface area contributed by atoms with Crippen molar-refractivity contribution in [1.82, 2.24) is 4.90 Å². The van der Waals surface area contributed by atoms with Crippen molar-refractivity contribution in [2.75, 3.05) is 25.0 Å². The van der Waals surface area contributed by atoms with Gasteiger partial charge < -0.3 is 15.3 Å². The molecular weight excluding hydrogens is 274 g/mol. The van der Waals surface area contributed by atoms with E-state index >= 15 is 0 Å². The number of carbonyl (C=O) groups is 1. The van der Waals surface area contributed by atoms with E-state index in [1.54, 1.807) is 24.0 Å². The molecule has 114 valence electrons. The molecule has 0 spiro atoms. The highest BCUT2D eigenvalue weighted by Gasteiger charge is 2.22. The van der Waals surface area contributed by atoms with Gasteiger partial charge in [-0.15, -0.1) is 0 Å². The number of nitrogens with one attached hydrogen (secondary N) is 1. The average molecular weight is 293 g/mol. The van der Waals surface area contributed by atoms with Crippen LogP contribution in [0.3, 0.4) is 0 Å². The van der Waals surface area contributed by atoms with Gasteiger partial charge in [0.1, 0.15) is 0 Å². The summed E-state index contributed by atoms with van der Waals surface area (Å²) in [7, 11) is 0. The van der Waals surface area contributed by atoms with E-state index in [4.69, 9.17) is 5.11 Å². The Morgan fingerprint density at radius 2 is 2.14 bits per heavy atom. The minimum absolute atomic E-state index is 0.00760. The quantitative estimate of drug-likeness (QED) is 0.659. The number of nitro groups is 1. The van der Waals surface area contributed by atoms with Gasteiger partial charge in [-0.3, -0.25) is 10.1 Å². The molecule has 0 aliphatic carbocycles. The first-order valence-electron chi connectivity index (χ1n) is 6.93. The number of aryl methyl sites for hydroxylation is 1. The molecule has 7 heteroatoms. The van der Waals surface area contributed by atoms with Crippen LogP contribution in [0.4, 0.5) is 16.2 Å². The van der Waals surface area contributed by atoms with Gasteiger partial charge >= 0.3 is 6.03 Å². The Kier molecular flexibility index (Phi) is 4.74. The SMILES string of the molecule is Cc1ccc(NC(=O)N2CCC(CO)CC2)cc1[N+](=O)[O-]. The zero-order valence-corrected chi connectivity index (χ0v) is 11.9. The average Bonchev–Trinajstić information content (AvgIpc) is 2.49. The smallest absolute Gasteiger partial charge is 0.321 e. The zero-order chi connectivity index (χ0) is 15.4. The number of aliphatic hydroxyl groups is 1. The molecule has 21 heavy (non-hydrogen) atoms.